The van der Waals surface area contributed by atoms with E-state index in [9.17, 15) is 13.2 Å². The number of alkyl halides is 3. The van der Waals surface area contributed by atoms with Gasteiger partial charge in [-0.1, -0.05) is 18.2 Å². The lowest BCUT2D eigenvalue weighted by Crippen LogP contribution is -2.08. The van der Waals surface area contributed by atoms with Gasteiger partial charge < -0.3 is 10.6 Å². The zero-order chi connectivity index (χ0) is 24.6. The van der Waals surface area contributed by atoms with Crippen molar-refractivity contribution in [1.29, 1.82) is 0 Å². The third-order valence-electron chi connectivity index (χ3n) is 5.57. The van der Waals surface area contributed by atoms with Crippen molar-refractivity contribution >= 4 is 39.5 Å². The average molecular weight is 477 g/mol. The molecule has 0 radical (unpaired) electrons. The van der Waals surface area contributed by atoms with Crippen molar-refractivity contribution in [2.45, 2.75) is 32.6 Å². The van der Waals surface area contributed by atoms with Gasteiger partial charge in [-0.15, -0.1) is 0 Å². The molecule has 0 saturated heterocycles. The van der Waals surface area contributed by atoms with Gasteiger partial charge in [0.15, 0.2) is 17.0 Å². The summed E-state index contributed by atoms with van der Waals surface area (Å²) in [6, 6.07) is 15.0. The molecule has 35 heavy (non-hydrogen) atoms. The monoisotopic (exact) mass is 477 g/mol. The fourth-order valence-corrected chi connectivity index (χ4v) is 3.94. The maximum Gasteiger partial charge on any atom is 0.416 e. The largest absolute Gasteiger partial charge is 0.416 e. The number of anilines is 3. The van der Waals surface area contributed by atoms with Gasteiger partial charge in [0.1, 0.15) is 6.33 Å². The molecule has 3 heterocycles. The molecular formula is C25H22F3N7. The van der Waals surface area contributed by atoms with Crippen molar-refractivity contribution in [3.63, 3.8) is 0 Å². The quantitative estimate of drug-likeness (QED) is 0.298. The molecule has 0 aliphatic carbocycles. The van der Waals surface area contributed by atoms with Gasteiger partial charge in [0.2, 0.25) is 5.95 Å². The molecule has 2 aromatic carbocycles. The molecule has 0 amide bonds. The van der Waals surface area contributed by atoms with E-state index in [1.165, 1.54) is 12.4 Å². The first-order chi connectivity index (χ1) is 16.8. The van der Waals surface area contributed by atoms with Crippen LogP contribution in [0.25, 0.3) is 22.1 Å². The maximum absolute atomic E-state index is 13.1. The molecule has 0 fully saturated rings. The van der Waals surface area contributed by atoms with E-state index in [-0.39, 0.29) is 12.6 Å². The molecule has 0 unspecified atom stereocenters. The van der Waals surface area contributed by atoms with E-state index in [4.69, 9.17) is 4.98 Å². The summed E-state index contributed by atoms with van der Waals surface area (Å²) < 4.78 is 41.1. The van der Waals surface area contributed by atoms with Crippen LogP contribution in [-0.2, 0) is 12.7 Å². The van der Waals surface area contributed by atoms with Crippen molar-refractivity contribution in [1.82, 2.24) is 24.5 Å². The molecule has 5 aromatic rings. The Hall–Kier alpha value is -4.21. The standard InChI is InChI=1S/C25H22F3N7/c1-15(2)35-23-21(34-24(35)33-19-8-9-20-17(12-19)6-4-10-29-20)22(31-14-32-23)30-13-16-5-3-7-18(11-16)25(26,27)28/h3-12,14-15H,13H2,1-2H3,(H,33,34)(H,30,31,32). The molecule has 2 N–H and O–H groups in total. The number of rotatable bonds is 6. The normalized spacial score (nSPS) is 11.9. The average Bonchev–Trinajstić information content (AvgIpc) is 3.21. The predicted octanol–water partition coefficient (Wildman–Crippen LogP) is 6.33. The lowest BCUT2D eigenvalue weighted by molar-refractivity contribution is -0.137. The van der Waals surface area contributed by atoms with Crippen molar-refractivity contribution in [2.75, 3.05) is 10.6 Å². The molecule has 178 valence electrons. The van der Waals surface area contributed by atoms with Crippen molar-refractivity contribution in [3.05, 3.63) is 78.2 Å². The fraction of sp³-hybridized carbons (Fsp3) is 0.200. The Bertz CT molecular complexity index is 1510. The zero-order valence-corrected chi connectivity index (χ0v) is 19.0. The van der Waals surface area contributed by atoms with Crippen LogP contribution in [0.15, 0.2) is 67.1 Å². The number of halogens is 3. The van der Waals surface area contributed by atoms with E-state index in [0.717, 1.165) is 28.7 Å². The van der Waals surface area contributed by atoms with Crippen molar-refractivity contribution < 1.29 is 13.2 Å². The molecule has 7 nitrogen and oxygen atoms in total. The molecule has 3 aromatic heterocycles. The van der Waals surface area contributed by atoms with E-state index in [2.05, 4.69) is 25.6 Å². The molecule has 5 rings (SSSR count). The SMILES string of the molecule is CC(C)n1c(Nc2ccc3ncccc3c2)nc2c(NCc3cccc(C(F)(F)F)c3)ncnc21. The van der Waals surface area contributed by atoms with Crippen molar-refractivity contribution in [3.8, 4) is 0 Å². The van der Waals surface area contributed by atoms with Crippen LogP contribution < -0.4 is 10.6 Å². The Balaban J connectivity index is 1.47. The summed E-state index contributed by atoms with van der Waals surface area (Å²) in [6.45, 7) is 4.20. The number of nitrogens with one attached hydrogen (secondary N) is 2. The second kappa shape index (κ2) is 8.86. The second-order valence-corrected chi connectivity index (χ2v) is 8.38. The van der Waals surface area contributed by atoms with Gasteiger partial charge in [-0.3, -0.25) is 9.55 Å². The van der Waals surface area contributed by atoms with Gasteiger partial charge in [0.25, 0.3) is 0 Å². The molecule has 0 aliphatic rings. The van der Waals surface area contributed by atoms with Gasteiger partial charge in [-0.25, -0.2) is 15.0 Å². The van der Waals surface area contributed by atoms with Crippen LogP contribution >= 0.6 is 0 Å². The summed E-state index contributed by atoms with van der Waals surface area (Å²) in [5.74, 6) is 1.03. The summed E-state index contributed by atoms with van der Waals surface area (Å²) >= 11 is 0. The Morgan fingerprint density at radius 2 is 1.83 bits per heavy atom. The first-order valence-corrected chi connectivity index (χ1v) is 11.0. The molecule has 10 heteroatoms. The number of benzene rings is 2. The Morgan fingerprint density at radius 3 is 2.63 bits per heavy atom. The minimum Gasteiger partial charge on any atom is -0.364 e. The van der Waals surface area contributed by atoms with Crippen LogP contribution in [0, 0.1) is 0 Å². The highest BCUT2D eigenvalue weighted by atomic mass is 19.4. The third-order valence-corrected chi connectivity index (χ3v) is 5.57. The Labute approximate surface area is 199 Å². The Kier molecular flexibility index (Phi) is 5.72. The number of imidazole rings is 1. The van der Waals surface area contributed by atoms with Gasteiger partial charge in [0.05, 0.1) is 11.1 Å². The maximum atomic E-state index is 13.1. The fourth-order valence-electron chi connectivity index (χ4n) is 3.94. The van der Waals surface area contributed by atoms with Gasteiger partial charge in [0, 0.05) is 29.9 Å². The molecule has 0 bridgehead atoms. The molecule has 0 spiro atoms. The summed E-state index contributed by atoms with van der Waals surface area (Å²) in [6.07, 6.45) is -1.23. The number of pyridine rings is 1. The summed E-state index contributed by atoms with van der Waals surface area (Å²) in [5, 5.41) is 7.48. The summed E-state index contributed by atoms with van der Waals surface area (Å²) in [4.78, 5) is 17.8. The van der Waals surface area contributed by atoms with E-state index in [1.54, 1.807) is 12.3 Å². The van der Waals surface area contributed by atoms with Crippen LogP contribution in [0.5, 0.6) is 0 Å². The van der Waals surface area contributed by atoms with E-state index >= 15 is 0 Å². The highest BCUT2D eigenvalue weighted by molar-refractivity contribution is 5.87. The minimum absolute atomic E-state index is 0.0378. The number of aromatic nitrogens is 5. The predicted molar refractivity (Wildman–Crippen MR) is 130 cm³/mol. The molecule has 0 saturated carbocycles. The first kappa shape index (κ1) is 22.6. The van der Waals surface area contributed by atoms with E-state index in [0.29, 0.717) is 28.5 Å². The number of fused-ring (bicyclic) bond motifs is 2. The van der Waals surface area contributed by atoms with Gasteiger partial charge in [-0.05, 0) is 55.8 Å². The van der Waals surface area contributed by atoms with Crippen LogP contribution in [0.1, 0.15) is 31.0 Å². The van der Waals surface area contributed by atoms with Crippen LogP contribution in [0.4, 0.5) is 30.6 Å². The summed E-state index contributed by atoms with van der Waals surface area (Å²) in [5.41, 5.74) is 2.67. The van der Waals surface area contributed by atoms with E-state index in [1.807, 2.05) is 48.7 Å². The smallest absolute Gasteiger partial charge is 0.364 e. The number of nitrogens with zero attached hydrogens (tertiary/aromatic N) is 5. The molecule has 0 aliphatic heterocycles. The van der Waals surface area contributed by atoms with Crippen LogP contribution in [-0.4, -0.2) is 24.5 Å². The topological polar surface area (TPSA) is 80.5 Å². The first-order valence-electron chi connectivity index (χ1n) is 11.0. The number of hydrogen-bond acceptors (Lipinski definition) is 6. The highest BCUT2D eigenvalue weighted by Gasteiger charge is 2.30. The van der Waals surface area contributed by atoms with E-state index < -0.39 is 11.7 Å². The van der Waals surface area contributed by atoms with Crippen LogP contribution in [0.2, 0.25) is 0 Å². The zero-order valence-electron chi connectivity index (χ0n) is 19.0. The van der Waals surface area contributed by atoms with Gasteiger partial charge >= 0.3 is 6.18 Å². The Morgan fingerprint density at radius 1 is 0.971 bits per heavy atom. The number of hydrogen-bond donors (Lipinski definition) is 2. The highest BCUT2D eigenvalue weighted by Crippen LogP contribution is 2.31. The van der Waals surface area contributed by atoms with Gasteiger partial charge in [-0.2, -0.15) is 13.2 Å². The minimum atomic E-state index is -4.40. The lowest BCUT2D eigenvalue weighted by Gasteiger charge is -2.14. The molecular weight excluding hydrogens is 455 g/mol. The second-order valence-electron chi connectivity index (χ2n) is 8.38. The van der Waals surface area contributed by atoms with Crippen LogP contribution in [0.3, 0.4) is 0 Å². The third kappa shape index (κ3) is 4.59. The molecule has 0 atom stereocenters. The summed E-state index contributed by atoms with van der Waals surface area (Å²) in [7, 11) is 0. The lowest BCUT2D eigenvalue weighted by atomic mass is 10.1. The van der Waals surface area contributed by atoms with Crippen molar-refractivity contribution in [2.24, 2.45) is 0 Å².